The van der Waals surface area contributed by atoms with Crippen LogP contribution in [0.2, 0.25) is 0 Å². The van der Waals surface area contributed by atoms with Gasteiger partial charge in [0.15, 0.2) is 0 Å². The van der Waals surface area contributed by atoms with E-state index in [9.17, 15) is 0 Å². The average Bonchev–Trinajstić information content (AvgIpc) is 2.29. The minimum Gasteiger partial charge on any atom is -0.497 e. The fraction of sp³-hybridized carbons (Fsp3) is 0.333. The third kappa shape index (κ3) is 4.11. The molecule has 0 aliphatic heterocycles. The summed E-state index contributed by atoms with van der Waals surface area (Å²) in [4.78, 5) is 0. The molecule has 1 aromatic rings. The molecule has 0 heterocycles. The Morgan fingerprint density at radius 2 is 1.78 bits per heavy atom. The van der Waals surface area contributed by atoms with Gasteiger partial charge >= 0.3 is 0 Å². The number of methoxy groups -OCH3 is 1. The van der Waals surface area contributed by atoms with Crippen LogP contribution in [0.15, 0.2) is 48.2 Å². The lowest BCUT2D eigenvalue weighted by Crippen LogP contribution is -2.24. The van der Waals surface area contributed by atoms with Crippen molar-refractivity contribution in [3.8, 4) is 5.75 Å². The van der Waals surface area contributed by atoms with E-state index in [0.29, 0.717) is 17.2 Å². The molecule has 3 heteroatoms. The van der Waals surface area contributed by atoms with Crippen molar-refractivity contribution < 1.29 is 9.47 Å². The van der Waals surface area contributed by atoms with Gasteiger partial charge in [0.25, 0.3) is 0 Å². The largest absolute Gasteiger partial charge is 0.497 e. The van der Waals surface area contributed by atoms with Crippen LogP contribution >= 0.6 is 11.6 Å². The zero-order valence-electron chi connectivity index (χ0n) is 11.1. The van der Waals surface area contributed by atoms with Gasteiger partial charge in [-0.25, -0.2) is 0 Å². The van der Waals surface area contributed by atoms with Gasteiger partial charge in [-0.05, 0) is 31.5 Å². The van der Waals surface area contributed by atoms with Gasteiger partial charge in [0, 0.05) is 6.42 Å². The summed E-state index contributed by atoms with van der Waals surface area (Å²) >= 11 is 5.88. The van der Waals surface area contributed by atoms with Gasteiger partial charge in [-0.1, -0.05) is 36.9 Å². The van der Waals surface area contributed by atoms with Crippen molar-refractivity contribution in [3.05, 3.63) is 53.8 Å². The molecule has 18 heavy (non-hydrogen) atoms. The summed E-state index contributed by atoms with van der Waals surface area (Å²) in [6.07, 6.45) is 0.637. The first-order chi connectivity index (χ1) is 8.35. The number of hydrogen-bond acceptors (Lipinski definition) is 2. The summed E-state index contributed by atoms with van der Waals surface area (Å²) in [5.74, 6) is 1.49. The van der Waals surface area contributed by atoms with E-state index in [-0.39, 0.29) is 0 Å². The Bertz CT molecular complexity index is 432. The number of hydrogen-bond donors (Lipinski definition) is 0. The van der Waals surface area contributed by atoms with Crippen LogP contribution in [0.25, 0.3) is 0 Å². The van der Waals surface area contributed by atoms with Crippen molar-refractivity contribution in [2.45, 2.75) is 25.9 Å². The molecule has 0 bridgehead atoms. The molecule has 0 spiro atoms. The Hall–Kier alpha value is -1.41. The van der Waals surface area contributed by atoms with Crippen molar-refractivity contribution in [1.82, 2.24) is 0 Å². The van der Waals surface area contributed by atoms with Crippen molar-refractivity contribution >= 4 is 11.6 Å². The van der Waals surface area contributed by atoms with Crippen LogP contribution in [0.1, 0.15) is 19.4 Å². The molecule has 0 fully saturated rings. The molecule has 0 unspecified atom stereocenters. The van der Waals surface area contributed by atoms with Gasteiger partial charge < -0.3 is 9.47 Å². The number of rotatable bonds is 6. The van der Waals surface area contributed by atoms with Gasteiger partial charge in [0.05, 0.1) is 17.9 Å². The molecular weight excluding hydrogens is 248 g/mol. The topological polar surface area (TPSA) is 18.5 Å². The highest BCUT2D eigenvalue weighted by molar-refractivity contribution is 6.30. The molecule has 0 atom stereocenters. The predicted molar refractivity (Wildman–Crippen MR) is 76.0 cm³/mol. The van der Waals surface area contributed by atoms with Crippen LogP contribution in [-0.4, -0.2) is 12.7 Å². The third-order valence-electron chi connectivity index (χ3n) is 2.61. The number of halogens is 1. The second-order valence-electron chi connectivity index (χ2n) is 4.58. The highest BCUT2D eigenvalue weighted by Gasteiger charge is 2.22. The Morgan fingerprint density at radius 1 is 1.22 bits per heavy atom. The molecule has 0 aliphatic rings. The Labute approximate surface area is 114 Å². The van der Waals surface area contributed by atoms with Crippen molar-refractivity contribution in [1.29, 1.82) is 0 Å². The zero-order valence-corrected chi connectivity index (χ0v) is 11.9. The summed E-state index contributed by atoms with van der Waals surface area (Å²) in [6, 6.07) is 7.79. The number of allylic oxidation sites excluding steroid dienone is 1. The highest BCUT2D eigenvalue weighted by Crippen LogP contribution is 2.26. The van der Waals surface area contributed by atoms with Crippen LogP contribution in [0, 0.1) is 0 Å². The van der Waals surface area contributed by atoms with E-state index in [4.69, 9.17) is 21.1 Å². The first-order valence-electron chi connectivity index (χ1n) is 5.70. The first kappa shape index (κ1) is 14.7. The standard InChI is InChI=1S/C15H19ClO2/c1-11(18-15(3,4)12(2)16)10-13-6-8-14(17-5)9-7-13/h6-9H,1-2,10H2,3-5H3. The lowest BCUT2D eigenvalue weighted by Gasteiger charge is -2.26. The minimum absolute atomic E-state index is 0.457. The predicted octanol–water partition coefficient (Wildman–Crippen LogP) is 4.30. The number of benzene rings is 1. The fourth-order valence-electron chi connectivity index (χ4n) is 1.42. The molecule has 0 aromatic heterocycles. The lowest BCUT2D eigenvalue weighted by molar-refractivity contribution is 0.0722. The second kappa shape index (κ2) is 5.96. The molecule has 0 aliphatic carbocycles. The fourth-order valence-corrected chi connectivity index (χ4v) is 1.46. The van der Waals surface area contributed by atoms with Gasteiger partial charge in [-0.15, -0.1) is 0 Å². The first-order valence-corrected chi connectivity index (χ1v) is 6.07. The van der Waals surface area contributed by atoms with Gasteiger partial charge in [0.2, 0.25) is 0 Å². The molecule has 1 rings (SSSR count). The maximum Gasteiger partial charge on any atom is 0.138 e. The molecule has 0 amide bonds. The normalized spacial score (nSPS) is 10.9. The SMILES string of the molecule is C=C(Cc1ccc(OC)cc1)OC(C)(C)C(=C)Cl. The molecule has 98 valence electrons. The summed E-state index contributed by atoms with van der Waals surface area (Å²) in [5, 5.41) is 0.457. The highest BCUT2D eigenvalue weighted by atomic mass is 35.5. The van der Waals surface area contributed by atoms with Crippen molar-refractivity contribution in [2.24, 2.45) is 0 Å². The average molecular weight is 267 g/mol. The monoisotopic (exact) mass is 266 g/mol. The van der Waals surface area contributed by atoms with Crippen LogP contribution < -0.4 is 4.74 Å². The molecule has 0 saturated heterocycles. The van der Waals surface area contributed by atoms with Crippen molar-refractivity contribution in [2.75, 3.05) is 7.11 Å². The Morgan fingerprint density at radius 3 is 2.22 bits per heavy atom. The van der Waals surface area contributed by atoms with Crippen LogP contribution in [0.4, 0.5) is 0 Å². The van der Waals surface area contributed by atoms with E-state index >= 15 is 0 Å². The lowest BCUT2D eigenvalue weighted by atomic mass is 10.1. The zero-order chi connectivity index (χ0) is 13.8. The minimum atomic E-state index is -0.606. The van der Waals surface area contributed by atoms with Crippen LogP contribution in [0.3, 0.4) is 0 Å². The summed E-state index contributed by atoms with van der Waals surface area (Å²) < 4.78 is 10.8. The maximum absolute atomic E-state index is 5.88. The van der Waals surface area contributed by atoms with Gasteiger partial charge in [0.1, 0.15) is 11.4 Å². The van der Waals surface area contributed by atoms with Gasteiger partial charge in [-0.3, -0.25) is 0 Å². The van der Waals surface area contributed by atoms with Crippen LogP contribution in [-0.2, 0) is 11.2 Å². The molecular formula is C15H19ClO2. The van der Waals surface area contributed by atoms with E-state index in [0.717, 1.165) is 11.3 Å². The molecule has 0 radical (unpaired) electrons. The number of ether oxygens (including phenoxy) is 2. The summed E-state index contributed by atoms with van der Waals surface area (Å²) in [6.45, 7) is 11.3. The Kier molecular flexibility index (Phi) is 4.85. The van der Waals surface area contributed by atoms with Gasteiger partial charge in [-0.2, -0.15) is 0 Å². The smallest absolute Gasteiger partial charge is 0.138 e. The van der Waals surface area contributed by atoms with E-state index in [1.165, 1.54) is 0 Å². The van der Waals surface area contributed by atoms with Crippen molar-refractivity contribution in [3.63, 3.8) is 0 Å². The van der Waals surface area contributed by atoms with Crippen LogP contribution in [0.5, 0.6) is 5.75 Å². The second-order valence-corrected chi connectivity index (χ2v) is 5.04. The van der Waals surface area contributed by atoms with E-state index in [1.807, 2.05) is 38.1 Å². The molecule has 0 saturated carbocycles. The Balaban J connectivity index is 2.62. The summed E-state index contributed by atoms with van der Waals surface area (Å²) in [5.41, 5.74) is 0.502. The molecule has 2 nitrogen and oxygen atoms in total. The van der Waals surface area contributed by atoms with E-state index in [2.05, 4.69) is 13.2 Å². The third-order valence-corrected chi connectivity index (χ3v) is 3.07. The summed E-state index contributed by atoms with van der Waals surface area (Å²) in [7, 11) is 1.64. The molecule has 0 N–H and O–H groups in total. The molecule has 1 aromatic carbocycles. The van der Waals surface area contributed by atoms with E-state index in [1.54, 1.807) is 7.11 Å². The van der Waals surface area contributed by atoms with E-state index < -0.39 is 5.60 Å². The maximum atomic E-state index is 5.88. The quantitative estimate of drug-likeness (QED) is 0.715.